The van der Waals surface area contributed by atoms with E-state index in [-0.39, 0.29) is 6.04 Å². The van der Waals surface area contributed by atoms with E-state index in [9.17, 15) is 8.42 Å². The Labute approximate surface area is 120 Å². The summed E-state index contributed by atoms with van der Waals surface area (Å²) >= 11 is 0. The predicted octanol–water partition coefficient (Wildman–Crippen LogP) is 2.96. The molecule has 0 amide bonds. The van der Waals surface area contributed by atoms with Crippen LogP contribution in [-0.2, 0) is 16.4 Å². The van der Waals surface area contributed by atoms with Crippen molar-refractivity contribution < 1.29 is 8.42 Å². The number of rotatable bonds is 5. The summed E-state index contributed by atoms with van der Waals surface area (Å²) in [5, 5.41) is 0. The highest BCUT2D eigenvalue weighted by Gasteiger charge is 2.14. The van der Waals surface area contributed by atoms with E-state index < -0.39 is 10.0 Å². The van der Waals surface area contributed by atoms with E-state index in [4.69, 9.17) is 0 Å². The zero-order chi connectivity index (χ0) is 14.6. The third-order valence-electron chi connectivity index (χ3n) is 2.88. The molecule has 3 nitrogen and oxygen atoms in total. The largest absolute Gasteiger partial charge is 0.240 e. The molecule has 0 spiro atoms. The first-order chi connectivity index (χ1) is 9.47. The fraction of sp³-hybridized carbons (Fsp3) is 0.250. The highest BCUT2D eigenvalue weighted by molar-refractivity contribution is 7.89. The van der Waals surface area contributed by atoms with Gasteiger partial charge < -0.3 is 0 Å². The summed E-state index contributed by atoms with van der Waals surface area (Å²) in [6, 6.07) is 17.0. The van der Waals surface area contributed by atoms with Gasteiger partial charge in [0.1, 0.15) is 0 Å². The quantitative estimate of drug-likeness (QED) is 0.920. The van der Waals surface area contributed by atoms with Crippen LogP contribution in [0.25, 0.3) is 0 Å². The zero-order valence-corrected chi connectivity index (χ0v) is 12.5. The van der Waals surface area contributed by atoms with Gasteiger partial charge >= 0.3 is 0 Å². The minimum atomic E-state index is -3.40. The fourth-order valence-corrected chi connectivity index (χ4v) is 3.25. The van der Waals surface area contributed by atoms with Crippen LogP contribution in [0, 0.1) is 0 Å². The molecule has 0 saturated heterocycles. The van der Waals surface area contributed by atoms with Crippen LogP contribution in [0.5, 0.6) is 0 Å². The molecule has 106 valence electrons. The Kier molecular flexibility index (Phi) is 4.57. The maximum atomic E-state index is 12.0. The van der Waals surface area contributed by atoms with Crippen LogP contribution in [0.2, 0.25) is 0 Å². The molecule has 4 heteroatoms. The first-order valence-electron chi connectivity index (χ1n) is 6.62. The van der Waals surface area contributed by atoms with Gasteiger partial charge in [0, 0.05) is 6.04 Å². The molecule has 2 aromatic rings. The van der Waals surface area contributed by atoms with Gasteiger partial charge in [-0.2, -0.15) is 0 Å². The van der Waals surface area contributed by atoms with E-state index in [1.807, 2.05) is 30.3 Å². The van der Waals surface area contributed by atoms with Crippen LogP contribution in [0.1, 0.15) is 25.0 Å². The summed E-state index contributed by atoms with van der Waals surface area (Å²) in [6.45, 7) is 3.61. The third kappa shape index (κ3) is 3.92. The molecular formula is C16H19NO2S. The molecule has 0 heterocycles. The summed E-state index contributed by atoms with van der Waals surface area (Å²) in [6.07, 6.45) is 0.804. The van der Waals surface area contributed by atoms with E-state index in [1.54, 1.807) is 26.0 Å². The number of hydrogen-bond acceptors (Lipinski definition) is 2. The van der Waals surface area contributed by atoms with Crippen molar-refractivity contribution in [2.24, 2.45) is 0 Å². The van der Waals surface area contributed by atoms with Crippen molar-refractivity contribution in [3.8, 4) is 0 Å². The van der Waals surface area contributed by atoms with Crippen molar-refractivity contribution in [3.05, 3.63) is 65.7 Å². The smallest absolute Gasteiger partial charge is 0.209 e. The Balaban J connectivity index is 2.14. The molecule has 0 aromatic heterocycles. The van der Waals surface area contributed by atoms with Crippen LogP contribution in [-0.4, -0.2) is 14.5 Å². The van der Waals surface area contributed by atoms with Gasteiger partial charge in [0.05, 0.1) is 4.90 Å². The Morgan fingerprint density at radius 2 is 1.45 bits per heavy atom. The van der Waals surface area contributed by atoms with Crippen LogP contribution < -0.4 is 4.72 Å². The molecule has 0 saturated carbocycles. The van der Waals surface area contributed by atoms with E-state index in [0.29, 0.717) is 4.90 Å². The van der Waals surface area contributed by atoms with Crippen molar-refractivity contribution in [2.75, 3.05) is 0 Å². The standard InChI is InChI=1S/C16H19NO2S/c1-13(2)17-20(18,19)16-10-8-15(9-11-16)12-14-6-4-3-5-7-14/h3-11,13,17H,12H2,1-2H3. The molecular weight excluding hydrogens is 270 g/mol. The Morgan fingerprint density at radius 3 is 2.00 bits per heavy atom. The van der Waals surface area contributed by atoms with Gasteiger partial charge in [0.25, 0.3) is 0 Å². The maximum absolute atomic E-state index is 12.0. The Morgan fingerprint density at radius 1 is 0.900 bits per heavy atom. The van der Waals surface area contributed by atoms with E-state index in [1.165, 1.54) is 5.56 Å². The highest BCUT2D eigenvalue weighted by atomic mass is 32.2. The lowest BCUT2D eigenvalue weighted by Gasteiger charge is -2.10. The van der Waals surface area contributed by atoms with Gasteiger partial charge in [-0.15, -0.1) is 0 Å². The second-order valence-electron chi connectivity index (χ2n) is 5.08. The average molecular weight is 289 g/mol. The molecule has 0 fully saturated rings. The van der Waals surface area contributed by atoms with Crippen molar-refractivity contribution >= 4 is 10.0 Å². The molecule has 0 aliphatic carbocycles. The SMILES string of the molecule is CC(C)NS(=O)(=O)c1ccc(Cc2ccccc2)cc1. The maximum Gasteiger partial charge on any atom is 0.240 e. The second-order valence-corrected chi connectivity index (χ2v) is 6.80. The van der Waals surface area contributed by atoms with Crippen LogP contribution in [0.3, 0.4) is 0 Å². The van der Waals surface area contributed by atoms with Crippen LogP contribution in [0.4, 0.5) is 0 Å². The molecule has 1 N–H and O–H groups in total. The van der Waals surface area contributed by atoms with Gasteiger partial charge in [-0.3, -0.25) is 0 Å². The lowest BCUT2D eigenvalue weighted by Crippen LogP contribution is -2.30. The second kappa shape index (κ2) is 6.20. The molecule has 0 atom stereocenters. The zero-order valence-electron chi connectivity index (χ0n) is 11.7. The van der Waals surface area contributed by atoms with Gasteiger partial charge in [0.15, 0.2) is 0 Å². The number of benzene rings is 2. The van der Waals surface area contributed by atoms with E-state index >= 15 is 0 Å². The minimum absolute atomic E-state index is 0.107. The normalized spacial score (nSPS) is 11.8. The predicted molar refractivity (Wildman–Crippen MR) is 81.1 cm³/mol. The molecule has 2 aromatic carbocycles. The summed E-state index contributed by atoms with van der Waals surface area (Å²) < 4.78 is 26.6. The van der Waals surface area contributed by atoms with Gasteiger partial charge in [-0.05, 0) is 43.5 Å². The van der Waals surface area contributed by atoms with E-state index in [0.717, 1.165) is 12.0 Å². The fourth-order valence-electron chi connectivity index (χ4n) is 2.00. The molecule has 0 radical (unpaired) electrons. The molecule has 0 unspecified atom stereocenters. The minimum Gasteiger partial charge on any atom is -0.209 e. The third-order valence-corrected chi connectivity index (χ3v) is 4.55. The van der Waals surface area contributed by atoms with Crippen molar-refractivity contribution in [2.45, 2.75) is 31.2 Å². The average Bonchev–Trinajstić information content (AvgIpc) is 2.39. The van der Waals surface area contributed by atoms with Crippen molar-refractivity contribution in [1.82, 2.24) is 4.72 Å². The summed E-state index contributed by atoms with van der Waals surface area (Å²) in [5.74, 6) is 0. The molecule has 20 heavy (non-hydrogen) atoms. The van der Waals surface area contributed by atoms with E-state index in [2.05, 4.69) is 16.9 Å². The number of sulfonamides is 1. The lowest BCUT2D eigenvalue weighted by atomic mass is 10.1. The van der Waals surface area contributed by atoms with Gasteiger partial charge in [-0.25, -0.2) is 13.1 Å². The Bertz CT molecular complexity index is 647. The first-order valence-corrected chi connectivity index (χ1v) is 8.11. The number of nitrogens with one attached hydrogen (secondary N) is 1. The summed E-state index contributed by atoms with van der Waals surface area (Å²) in [7, 11) is -3.40. The van der Waals surface area contributed by atoms with Gasteiger partial charge in [0.2, 0.25) is 10.0 Å². The summed E-state index contributed by atoms with van der Waals surface area (Å²) in [5.41, 5.74) is 2.31. The number of hydrogen-bond donors (Lipinski definition) is 1. The van der Waals surface area contributed by atoms with Crippen molar-refractivity contribution in [3.63, 3.8) is 0 Å². The monoisotopic (exact) mass is 289 g/mol. The summed E-state index contributed by atoms with van der Waals surface area (Å²) in [4.78, 5) is 0.308. The van der Waals surface area contributed by atoms with Crippen LogP contribution in [0.15, 0.2) is 59.5 Å². The Hall–Kier alpha value is -1.65. The van der Waals surface area contributed by atoms with Crippen LogP contribution >= 0.6 is 0 Å². The molecule has 0 bridgehead atoms. The lowest BCUT2D eigenvalue weighted by molar-refractivity contribution is 0.570. The highest BCUT2D eigenvalue weighted by Crippen LogP contribution is 2.14. The van der Waals surface area contributed by atoms with Crippen molar-refractivity contribution in [1.29, 1.82) is 0 Å². The van der Waals surface area contributed by atoms with Gasteiger partial charge in [-0.1, -0.05) is 42.5 Å². The molecule has 0 aliphatic rings. The topological polar surface area (TPSA) is 46.2 Å². The molecule has 0 aliphatic heterocycles. The first kappa shape index (κ1) is 14.8. The molecule has 2 rings (SSSR count).